The molecule has 1 saturated carbocycles. The molecule has 2 fully saturated rings. The first-order valence-electron chi connectivity index (χ1n) is 13.8. The molecule has 0 unspecified atom stereocenters. The summed E-state index contributed by atoms with van der Waals surface area (Å²) in [5, 5.41) is 0. The van der Waals surface area contributed by atoms with Crippen molar-refractivity contribution in [1.82, 2.24) is 24.2 Å². The molecule has 0 atom stereocenters. The van der Waals surface area contributed by atoms with Gasteiger partial charge < -0.3 is 10.6 Å². The average molecular weight is 508 g/mol. The number of nitrogens with zero attached hydrogens (tertiary/aromatic N) is 6. The molecule has 2 N–H and O–H groups in total. The standard InChI is InChI=1S/C31H37N7/c1-4-22-10-11-24(20-27(22)34-21(2)23-8-6-5-7-9-23)28-29-30(32)33-12-13-38(29)31(35-28)25-18-26(19-25)37-16-14-36(3)15-17-37/h5-13,20,25-26H,4,14-19H2,1-3H3,(H2,32,33). The molecule has 2 aromatic carbocycles. The lowest BCUT2D eigenvalue weighted by Gasteiger charge is -2.45. The summed E-state index contributed by atoms with van der Waals surface area (Å²) in [6.45, 7) is 8.87. The molecule has 6 rings (SSSR count). The predicted octanol–water partition coefficient (Wildman–Crippen LogP) is 5.18. The first kappa shape index (κ1) is 24.8. The van der Waals surface area contributed by atoms with E-state index in [9.17, 15) is 0 Å². The van der Waals surface area contributed by atoms with Crippen molar-refractivity contribution < 1.29 is 0 Å². The monoisotopic (exact) mass is 507 g/mol. The molecule has 7 nitrogen and oxygen atoms in total. The zero-order valence-corrected chi connectivity index (χ0v) is 22.6. The van der Waals surface area contributed by atoms with Crippen LogP contribution in [0.15, 0.2) is 65.9 Å². The molecule has 2 aliphatic rings. The Morgan fingerprint density at radius 3 is 2.55 bits per heavy atom. The molecule has 38 heavy (non-hydrogen) atoms. The van der Waals surface area contributed by atoms with Crippen molar-refractivity contribution in [2.75, 3.05) is 39.0 Å². The molecule has 1 saturated heterocycles. The first-order valence-corrected chi connectivity index (χ1v) is 13.8. The fourth-order valence-electron chi connectivity index (χ4n) is 5.90. The van der Waals surface area contributed by atoms with Crippen LogP contribution in [0.5, 0.6) is 0 Å². The van der Waals surface area contributed by atoms with E-state index in [-0.39, 0.29) is 0 Å². The van der Waals surface area contributed by atoms with Gasteiger partial charge in [-0.25, -0.2) is 9.97 Å². The maximum absolute atomic E-state index is 6.46. The van der Waals surface area contributed by atoms with Gasteiger partial charge in [0.15, 0.2) is 0 Å². The molecule has 7 heteroatoms. The molecule has 1 aliphatic carbocycles. The van der Waals surface area contributed by atoms with Crippen molar-refractivity contribution in [3.8, 4) is 11.3 Å². The van der Waals surface area contributed by atoms with Gasteiger partial charge in [0.2, 0.25) is 0 Å². The van der Waals surface area contributed by atoms with Gasteiger partial charge in [-0.3, -0.25) is 14.3 Å². The first-order chi connectivity index (χ1) is 18.5. The van der Waals surface area contributed by atoms with E-state index >= 15 is 0 Å². The zero-order chi connectivity index (χ0) is 26.2. The lowest BCUT2D eigenvalue weighted by Crippen LogP contribution is -2.52. The number of aromatic nitrogens is 3. The number of aryl methyl sites for hydroxylation is 1. The van der Waals surface area contributed by atoms with E-state index in [1.165, 1.54) is 5.56 Å². The highest BCUT2D eigenvalue weighted by Gasteiger charge is 2.38. The van der Waals surface area contributed by atoms with E-state index in [0.717, 1.165) is 85.0 Å². The number of rotatable bonds is 6. The lowest BCUT2D eigenvalue weighted by molar-refractivity contribution is 0.0586. The van der Waals surface area contributed by atoms with Crippen LogP contribution < -0.4 is 5.73 Å². The largest absolute Gasteiger partial charge is 0.382 e. The molecule has 4 aromatic rings. The number of aliphatic imine (C=N–C) groups is 1. The number of piperazine rings is 1. The number of nitrogen functional groups attached to an aromatic ring is 1. The van der Waals surface area contributed by atoms with Gasteiger partial charge in [-0.05, 0) is 50.4 Å². The second-order valence-corrected chi connectivity index (χ2v) is 10.8. The third kappa shape index (κ3) is 4.61. The van der Waals surface area contributed by atoms with Crippen molar-refractivity contribution in [3.63, 3.8) is 0 Å². The number of fused-ring (bicyclic) bond motifs is 1. The molecule has 3 heterocycles. The summed E-state index contributed by atoms with van der Waals surface area (Å²) in [4.78, 5) is 19.8. The molecule has 0 spiro atoms. The van der Waals surface area contributed by atoms with Crippen LogP contribution >= 0.6 is 0 Å². The minimum absolute atomic E-state index is 0.426. The van der Waals surface area contributed by atoms with Crippen molar-refractivity contribution in [3.05, 3.63) is 77.9 Å². The molecule has 0 amide bonds. The highest BCUT2D eigenvalue weighted by atomic mass is 15.3. The van der Waals surface area contributed by atoms with E-state index in [1.807, 2.05) is 12.3 Å². The van der Waals surface area contributed by atoms with Crippen molar-refractivity contribution in [2.45, 2.75) is 45.1 Å². The third-order valence-electron chi connectivity index (χ3n) is 8.36. The van der Waals surface area contributed by atoms with Crippen molar-refractivity contribution in [1.29, 1.82) is 0 Å². The van der Waals surface area contributed by atoms with Crippen LogP contribution in [-0.2, 0) is 6.42 Å². The minimum atomic E-state index is 0.426. The fraction of sp³-hybridized carbons (Fsp3) is 0.387. The van der Waals surface area contributed by atoms with E-state index in [4.69, 9.17) is 15.7 Å². The number of likely N-dealkylation sites (N-methyl/N-ethyl adjacent to an activating group) is 1. The summed E-state index contributed by atoms with van der Waals surface area (Å²) in [7, 11) is 2.21. The number of imidazole rings is 1. The molecular formula is C31H37N7. The van der Waals surface area contributed by atoms with E-state index in [1.54, 1.807) is 6.20 Å². The molecule has 2 aromatic heterocycles. The topological polar surface area (TPSA) is 75.0 Å². The molecular weight excluding hydrogens is 470 g/mol. The Balaban J connectivity index is 1.34. The van der Waals surface area contributed by atoms with Crippen LogP contribution in [0.1, 0.15) is 49.6 Å². The van der Waals surface area contributed by atoms with Crippen LogP contribution in [0, 0.1) is 0 Å². The molecule has 196 valence electrons. The third-order valence-corrected chi connectivity index (χ3v) is 8.36. The van der Waals surface area contributed by atoms with E-state index in [2.05, 4.69) is 82.5 Å². The smallest absolute Gasteiger partial charge is 0.150 e. The highest BCUT2D eigenvalue weighted by Crippen LogP contribution is 2.42. The Morgan fingerprint density at radius 1 is 1.05 bits per heavy atom. The Morgan fingerprint density at radius 2 is 1.82 bits per heavy atom. The van der Waals surface area contributed by atoms with Gasteiger partial charge in [0.05, 0.1) is 5.69 Å². The van der Waals surface area contributed by atoms with Crippen LogP contribution in [0.25, 0.3) is 16.8 Å². The maximum atomic E-state index is 6.46. The second kappa shape index (κ2) is 10.3. The van der Waals surface area contributed by atoms with Crippen molar-refractivity contribution >= 4 is 22.7 Å². The van der Waals surface area contributed by atoms with Gasteiger partial charge >= 0.3 is 0 Å². The van der Waals surface area contributed by atoms with Crippen LogP contribution in [-0.4, -0.2) is 69.1 Å². The van der Waals surface area contributed by atoms with E-state index in [0.29, 0.717) is 17.8 Å². The number of hydrogen-bond donors (Lipinski definition) is 1. The predicted molar refractivity (Wildman–Crippen MR) is 155 cm³/mol. The van der Waals surface area contributed by atoms with Crippen LogP contribution in [0.3, 0.4) is 0 Å². The fourth-order valence-corrected chi connectivity index (χ4v) is 5.90. The minimum Gasteiger partial charge on any atom is -0.382 e. The normalized spacial score (nSPS) is 21.1. The number of anilines is 1. The Hall–Kier alpha value is -3.55. The van der Waals surface area contributed by atoms with Gasteiger partial charge in [-0.1, -0.05) is 49.4 Å². The number of nitrogens with two attached hydrogens (primary N) is 1. The molecule has 0 bridgehead atoms. The van der Waals surface area contributed by atoms with E-state index < -0.39 is 0 Å². The number of hydrogen-bond acceptors (Lipinski definition) is 6. The summed E-state index contributed by atoms with van der Waals surface area (Å²) in [6, 6.07) is 17.5. The number of benzene rings is 2. The van der Waals surface area contributed by atoms with Gasteiger partial charge in [-0.15, -0.1) is 0 Å². The summed E-state index contributed by atoms with van der Waals surface area (Å²) in [5.41, 5.74) is 13.6. The van der Waals surface area contributed by atoms with Gasteiger partial charge in [-0.2, -0.15) is 0 Å². The van der Waals surface area contributed by atoms with Crippen LogP contribution in [0.2, 0.25) is 0 Å². The SMILES string of the molecule is CCc1ccc(-c2nc(C3CC(N4CCN(C)CC4)C3)n3ccnc(N)c23)cc1N=C(C)c1ccccc1. The quantitative estimate of drug-likeness (QED) is 0.364. The summed E-state index contributed by atoms with van der Waals surface area (Å²) in [6.07, 6.45) is 7.00. The zero-order valence-electron chi connectivity index (χ0n) is 22.6. The Labute approximate surface area is 225 Å². The average Bonchev–Trinajstić information content (AvgIpc) is 3.30. The summed E-state index contributed by atoms with van der Waals surface area (Å²) in [5.74, 6) is 2.04. The van der Waals surface area contributed by atoms with Gasteiger partial charge in [0, 0.05) is 61.8 Å². The second-order valence-electron chi connectivity index (χ2n) is 10.8. The van der Waals surface area contributed by atoms with Crippen molar-refractivity contribution in [2.24, 2.45) is 4.99 Å². The Bertz CT molecular complexity index is 1460. The highest BCUT2D eigenvalue weighted by molar-refractivity contribution is 6.00. The lowest BCUT2D eigenvalue weighted by atomic mass is 9.78. The van der Waals surface area contributed by atoms with Crippen LogP contribution in [0.4, 0.5) is 11.5 Å². The Kier molecular flexibility index (Phi) is 6.72. The molecule has 0 radical (unpaired) electrons. The van der Waals surface area contributed by atoms with Gasteiger partial charge in [0.25, 0.3) is 0 Å². The summed E-state index contributed by atoms with van der Waals surface area (Å²) >= 11 is 0. The maximum Gasteiger partial charge on any atom is 0.150 e. The summed E-state index contributed by atoms with van der Waals surface area (Å²) < 4.78 is 2.18. The van der Waals surface area contributed by atoms with Gasteiger partial charge in [0.1, 0.15) is 22.9 Å². The molecule has 1 aliphatic heterocycles.